The van der Waals surface area contributed by atoms with E-state index < -0.39 is 0 Å². The Morgan fingerprint density at radius 2 is 2.17 bits per heavy atom. The van der Waals surface area contributed by atoms with Gasteiger partial charge < -0.3 is 5.32 Å². The van der Waals surface area contributed by atoms with Gasteiger partial charge in [0.15, 0.2) is 10.8 Å². The lowest BCUT2D eigenvalue weighted by Crippen LogP contribution is -2.30. The van der Waals surface area contributed by atoms with Crippen molar-refractivity contribution in [1.82, 2.24) is 19.9 Å². The number of nitrogens with one attached hydrogen (secondary N) is 1. The van der Waals surface area contributed by atoms with Crippen LogP contribution in [0.15, 0.2) is 17.4 Å². The molecule has 1 amide bonds. The molecule has 0 fully saturated rings. The number of unbranched alkanes of at least 4 members (excludes halogenated alkanes) is 1. The minimum atomic E-state index is -0.000163. The average Bonchev–Trinajstić information content (AvgIpc) is 2.96. The van der Waals surface area contributed by atoms with Crippen LogP contribution in [0.1, 0.15) is 39.5 Å². The molecule has 0 aliphatic carbocycles. The van der Waals surface area contributed by atoms with Gasteiger partial charge in [0.05, 0.1) is 15.8 Å². The quantitative estimate of drug-likeness (QED) is 0.644. The van der Waals surface area contributed by atoms with Crippen molar-refractivity contribution in [1.29, 1.82) is 0 Å². The molecule has 0 saturated heterocycles. The van der Waals surface area contributed by atoms with Crippen molar-refractivity contribution in [2.45, 2.75) is 44.7 Å². The molecule has 0 aliphatic rings. The van der Waals surface area contributed by atoms with E-state index >= 15 is 0 Å². The molecule has 0 radical (unpaired) electrons. The van der Waals surface area contributed by atoms with Crippen LogP contribution in [0.3, 0.4) is 0 Å². The molecule has 5 nitrogen and oxygen atoms in total. The zero-order valence-electron chi connectivity index (χ0n) is 13.9. The minimum Gasteiger partial charge on any atom is -0.355 e. The summed E-state index contributed by atoms with van der Waals surface area (Å²) in [4.78, 5) is 12.1. The summed E-state index contributed by atoms with van der Waals surface area (Å²) < 4.78 is 1.71. The maximum absolute atomic E-state index is 12.1. The van der Waals surface area contributed by atoms with Gasteiger partial charge in [0.2, 0.25) is 5.91 Å². The fourth-order valence-corrected chi connectivity index (χ4v) is 3.63. The summed E-state index contributed by atoms with van der Waals surface area (Å²) in [6.07, 6.45) is 6.33. The van der Waals surface area contributed by atoms with Crippen LogP contribution >= 0.6 is 35.0 Å². The number of hydrogen-bond donors (Lipinski definition) is 1. The molecule has 0 aliphatic heterocycles. The third-order valence-electron chi connectivity index (χ3n) is 3.86. The Morgan fingerprint density at radius 3 is 2.88 bits per heavy atom. The molecule has 2 aromatic rings. The van der Waals surface area contributed by atoms with E-state index in [2.05, 4.69) is 29.4 Å². The van der Waals surface area contributed by atoms with Crippen LogP contribution in [-0.4, -0.2) is 32.8 Å². The Bertz CT molecular complexity index is 692. The van der Waals surface area contributed by atoms with Crippen LogP contribution in [0.5, 0.6) is 0 Å². The van der Waals surface area contributed by atoms with Crippen molar-refractivity contribution in [2.24, 2.45) is 5.92 Å². The summed E-state index contributed by atoms with van der Waals surface area (Å²) in [5.41, 5.74) is 0.537. The summed E-state index contributed by atoms with van der Waals surface area (Å²) in [7, 11) is 0. The third-order valence-corrected chi connectivity index (χ3v) is 5.29. The number of amides is 1. The fourth-order valence-electron chi connectivity index (χ4n) is 2.38. The van der Waals surface area contributed by atoms with Gasteiger partial charge in [0, 0.05) is 12.7 Å². The van der Waals surface area contributed by atoms with Gasteiger partial charge in [-0.1, -0.05) is 68.1 Å². The molecule has 2 heterocycles. The van der Waals surface area contributed by atoms with E-state index in [1.54, 1.807) is 16.7 Å². The maximum atomic E-state index is 12.1. The van der Waals surface area contributed by atoms with Crippen molar-refractivity contribution in [2.75, 3.05) is 12.3 Å². The zero-order chi connectivity index (χ0) is 17.5. The Morgan fingerprint density at radius 1 is 1.38 bits per heavy atom. The number of fused-ring (bicyclic) bond motifs is 1. The highest BCUT2D eigenvalue weighted by atomic mass is 35.5. The first-order valence-corrected chi connectivity index (χ1v) is 9.88. The van der Waals surface area contributed by atoms with Gasteiger partial charge in [0.25, 0.3) is 0 Å². The lowest BCUT2D eigenvalue weighted by Gasteiger charge is -2.15. The number of pyridine rings is 1. The predicted molar refractivity (Wildman–Crippen MR) is 100 cm³/mol. The van der Waals surface area contributed by atoms with Gasteiger partial charge in [-0.25, -0.2) is 0 Å². The number of thioether (sulfide) groups is 1. The van der Waals surface area contributed by atoms with Gasteiger partial charge in [-0.3, -0.25) is 9.20 Å². The second kappa shape index (κ2) is 9.49. The Balaban J connectivity index is 1.88. The maximum Gasteiger partial charge on any atom is 0.230 e. The van der Waals surface area contributed by atoms with E-state index in [0.717, 1.165) is 19.4 Å². The standard InChI is InChI=1S/C16H22Cl2N4OS/c1-3-5-6-11(4-2)8-19-14(23)10-24-16-21-20-15-13(18)7-12(17)9-22(15)16/h7,9,11H,3-6,8,10H2,1-2H3,(H,19,23)/t11-/m1/s1. The molecule has 0 unspecified atom stereocenters. The first-order chi connectivity index (χ1) is 11.5. The molecule has 1 atom stereocenters. The summed E-state index contributed by atoms with van der Waals surface area (Å²) >= 11 is 13.4. The Labute approximate surface area is 156 Å². The van der Waals surface area contributed by atoms with E-state index in [4.69, 9.17) is 23.2 Å². The first-order valence-electron chi connectivity index (χ1n) is 8.14. The molecule has 0 spiro atoms. The van der Waals surface area contributed by atoms with Gasteiger partial charge in [-0.05, 0) is 18.4 Å². The molecular weight excluding hydrogens is 367 g/mol. The second-order valence-electron chi connectivity index (χ2n) is 5.69. The number of nitrogens with zero attached hydrogens (tertiary/aromatic N) is 3. The summed E-state index contributed by atoms with van der Waals surface area (Å²) in [5.74, 6) is 0.833. The minimum absolute atomic E-state index is 0.000163. The topological polar surface area (TPSA) is 59.3 Å². The van der Waals surface area contributed by atoms with E-state index in [9.17, 15) is 4.79 Å². The smallest absolute Gasteiger partial charge is 0.230 e. The molecule has 2 rings (SSSR count). The number of carbonyl (C=O) groups is 1. The molecule has 24 heavy (non-hydrogen) atoms. The molecular formula is C16H22Cl2N4OS. The first kappa shape index (κ1) is 19.3. The van der Waals surface area contributed by atoms with E-state index in [1.807, 2.05) is 0 Å². The SMILES string of the molecule is CCCC[C@@H](CC)CNC(=O)CSc1nnc2c(Cl)cc(Cl)cn12. The molecule has 0 bridgehead atoms. The second-order valence-corrected chi connectivity index (χ2v) is 7.48. The molecule has 0 aromatic carbocycles. The molecule has 2 aromatic heterocycles. The van der Waals surface area contributed by atoms with Crippen molar-refractivity contribution in [3.63, 3.8) is 0 Å². The van der Waals surface area contributed by atoms with Crippen molar-refractivity contribution < 1.29 is 4.79 Å². The van der Waals surface area contributed by atoms with Crippen molar-refractivity contribution in [3.8, 4) is 0 Å². The Kier molecular flexibility index (Phi) is 7.65. The van der Waals surface area contributed by atoms with Crippen LogP contribution < -0.4 is 5.32 Å². The summed E-state index contributed by atoms with van der Waals surface area (Å²) in [6.45, 7) is 5.08. The van der Waals surface area contributed by atoms with Gasteiger partial charge in [-0.15, -0.1) is 10.2 Å². The van der Waals surface area contributed by atoms with Gasteiger partial charge in [-0.2, -0.15) is 0 Å². The lowest BCUT2D eigenvalue weighted by atomic mass is 9.99. The summed E-state index contributed by atoms with van der Waals surface area (Å²) in [5, 5.41) is 12.6. The number of rotatable bonds is 9. The van der Waals surface area contributed by atoms with E-state index in [1.165, 1.54) is 24.6 Å². The monoisotopic (exact) mass is 388 g/mol. The Hall–Kier alpha value is -0.980. The highest BCUT2D eigenvalue weighted by Crippen LogP contribution is 2.25. The van der Waals surface area contributed by atoms with Crippen molar-refractivity contribution >= 4 is 46.5 Å². The van der Waals surface area contributed by atoms with E-state index in [0.29, 0.717) is 26.8 Å². The van der Waals surface area contributed by atoms with Gasteiger partial charge in [0.1, 0.15) is 0 Å². The molecule has 1 N–H and O–H groups in total. The number of aromatic nitrogens is 3. The number of carbonyl (C=O) groups excluding carboxylic acids is 1. The third kappa shape index (κ3) is 5.26. The predicted octanol–water partition coefficient (Wildman–Crippen LogP) is 4.46. The van der Waals surface area contributed by atoms with Crippen molar-refractivity contribution in [3.05, 3.63) is 22.3 Å². The highest BCUT2D eigenvalue weighted by molar-refractivity contribution is 7.99. The highest BCUT2D eigenvalue weighted by Gasteiger charge is 2.13. The van der Waals surface area contributed by atoms with Crippen LogP contribution in [0.2, 0.25) is 10.0 Å². The van der Waals surface area contributed by atoms with Crippen LogP contribution in [0.25, 0.3) is 5.65 Å². The average molecular weight is 389 g/mol. The largest absolute Gasteiger partial charge is 0.355 e. The zero-order valence-corrected chi connectivity index (χ0v) is 16.2. The molecule has 8 heteroatoms. The normalized spacial score (nSPS) is 12.5. The van der Waals surface area contributed by atoms with Crippen LogP contribution in [0.4, 0.5) is 0 Å². The lowest BCUT2D eigenvalue weighted by molar-refractivity contribution is -0.118. The summed E-state index contributed by atoms with van der Waals surface area (Å²) in [6, 6.07) is 1.62. The van der Waals surface area contributed by atoms with E-state index in [-0.39, 0.29) is 11.7 Å². The number of hydrogen-bond acceptors (Lipinski definition) is 4. The molecule has 0 saturated carbocycles. The van der Waals surface area contributed by atoms with Crippen LogP contribution in [0, 0.1) is 5.92 Å². The fraction of sp³-hybridized carbons (Fsp3) is 0.562. The van der Waals surface area contributed by atoms with Gasteiger partial charge >= 0.3 is 0 Å². The molecule has 132 valence electrons. The van der Waals surface area contributed by atoms with Crippen LogP contribution in [-0.2, 0) is 4.79 Å². The number of halogens is 2.